The summed E-state index contributed by atoms with van der Waals surface area (Å²) in [5.74, 6) is 0.706. The Morgan fingerprint density at radius 2 is 1.44 bits per heavy atom. The lowest BCUT2D eigenvalue weighted by atomic mass is 10.0. The van der Waals surface area contributed by atoms with Crippen molar-refractivity contribution in [2.75, 3.05) is 43.1 Å². The van der Waals surface area contributed by atoms with Crippen LogP contribution < -0.4 is 10.2 Å². The molecule has 1 saturated heterocycles. The molecule has 1 aliphatic heterocycles. The van der Waals surface area contributed by atoms with Crippen LogP contribution in [0, 0.1) is 10.1 Å². The van der Waals surface area contributed by atoms with E-state index < -0.39 is 0 Å². The third-order valence-corrected chi connectivity index (χ3v) is 6.12. The summed E-state index contributed by atoms with van der Waals surface area (Å²) in [6.07, 6.45) is 19.8. The molecule has 0 aliphatic carbocycles. The standard InChI is InChI=1S/C24H43N5O3/c1-2-3-4-5-6-7-8-9-10-11-12-13-14-15-16-25-23-22(29(30)31)24(27-21-26-23)28-17-19-32-20-18-28/h21H,2-20H2,1H3,(H,25,26,27). The van der Waals surface area contributed by atoms with Gasteiger partial charge in [0, 0.05) is 19.6 Å². The number of nitrogens with zero attached hydrogens (tertiary/aromatic N) is 4. The Hall–Kier alpha value is -1.96. The van der Waals surface area contributed by atoms with Gasteiger partial charge < -0.3 is 15.0 Å². The van der Waals surface area contributed by atoms with Crippen LogP contribution in [0.1, 0.15) is 96.8 Å². The van der Waals surface area contributed by atoms with Crippen LogP contribution in [0.5, 0.6) is 0 Å². The monoisotopic (exact) mass is 449 g/mol. The van der Waals surface area contributed by atoms with Gasteiger partial charge in [0.05, 0.1) is 18.1 Å². The number of rotatable bonds is 18. The summed E-state index contributed by atoms with van der Waals surface area (Å²) in [6.45, 7) is 5.29. The van der Waals surface area contributed by atoms with Crippen molar-refractivity contribution in [1.82, 2.24) is 9.97 Å². The van der Waals surface area contributed by atoms with Gasteiger partial charge in [-0.15, -0.1) is 0 Å². The molecular formula is C24H43N5O3. The maximum Gasteiger partial charge on any atom is 0.353 e. The fraction of sp³-hybridized carbons (Fsp3) is 0.833. The van der Waals surface area contributed by atoms with E-state index in [0.29, 0.717) is 44.5 Å². The Morgan fingerprint density at radius 3 is 1.97 bits per heavy atom. The highest BCUT2D eigenvalue weighted by Gasteiger charge is 2.27. The molecule has 0 saturated carbocycles. The summed E-state index contributed by atoms with van der Waals surface area (Å²) >= 11 is 0. The van der Waals surface area contributed by atoms with Gasteiger partial charge in [-0.3, -0.25) is 10.1 Å². The zero-order chi connectivity index (χ0) is 22.9. The van der Waals surface area contributed by atoms with Crippen molar-refractivity contribution in [3.8, 4) is 0 Å². The van der Waals surface area contributed by atoms with E-state index in [1.54, 1.807) is 0 Å². The van der Waals surface area contributed by atoms with Crippen molar-refractivity contribution in [2.45, 2.75) is 96.8 Å². The number of ether oxygens (including phenoxy) is 1. The first-order valence-electron chi connectivity index (χ1n) is 12.8. The number of morpholine rings is 1. The van der Waals surface area contributed by atoms with Crippen LogP contribution in [0.3, 0.4) is 0 Å². The molecule has 0 bridgehead atoms. The normalized spacial score (nSPS) is 14.0. The van der Waals surface area contributed by atoms with Crippen molar-refractivity contribution in [3.05, 3.63) is 16.4 Å². The van der Waals surface area contributed by atoms with E-state index in [9.17, 15) is 10.1 Å². The van der Waals surface area contributed by atoms with E-state index in [2.05, 4.69) is 22.2 Å². The topological polar surface area (TPSA) is 93.4 Å². The number of nitro groups is 1. The summed E-state index contributed by atoms with van der Waals surface area (Å²) in [7, 11) is 0. The SMILES string of the molecule is CCCCCCCCCCCCCCCCNc1ncnc(N2CCOCC2)c1[N+](=O)[O-]. The first kappa shape index (κ1) is 26.3. The third-order valence-electron chi connectivity index (χ3n) is 6.12. The van der Waals surface area contributed by atoms with Crippen LogP contribution in [-0.2, 0) is 4.74 Å². The fourth-order valence-corrected chi connectivity index (χ4v) is 4.20. The molecule has 2 rings (SSSR count). The minimum Gasteiger partial charge on any atom is -0.378 e. The van der Waals surface area contributed by atoms with E-state index in [-0.39, 0.29) is 10.6 Å². The molecular weight excluding hydrogens is 406 g/mol. The molecule has 1 aromatic rings. The Labute approximate surface area is 193 Å². The zero-order valence-electron chi connectivity index (χ0n) is 20.0. The molecule has 182 valence electrons. The second kappa shape index (κ2) is 16.6. The first-order chi connectivity index (χ1) is 15.7. The molecule has 0 aromatic carbocycles. The van der Waals surface area contributed by atoms with Gasteiger partial charge in [-0.05, 0) is 6.42 Å². The van der Waals surface area contributed by atoms with Gasteiger partial charge in [-0.1, -0.05) is 90.4 Å². The molecule has 0 radical (unpaired) electrons. The molecule has 8 nitrogen and oxygen atoms in total. The predicted molar refractivity (Wildman–Crippen MR) is 131 cm³/mol. The summed E-state index contributed by atoms with van der Waals surface area (Å²) in [4.78, 5) is 21.5. The van der Waals surface area contributed by atoms with Gasteiger partial charge in [0.25, 0.3) is 0 Å². The Bertz CT molecular complexity index is 638. The van der Waals surface area contributed by atoms with Crippen molar-refractivity contribution >= 4 is 17.3 Å². The van der Waals surface area contributed by atoms with E-state index >= 15 is 0 Å². The highest BCUT2D eigenvalue weighted by Crippen LogP contribution is 2.32. The molecule has 1 aliphatic rings. The molecule has 1 N–H and O–H groups in total. The van der Waals surface area contributed by atoms with Crippen LogP contribution in [-0.4, -0.2) is 47.7 Å². The quantitative estimate of drug-likeness (QED) is 0.164. The molecule has 32 heavy (non-hydrogen) atoms. The van der Waals surface area contributed by atoms with Gasteiger partial charge in [-0.25, -0.2) is 9.97 Å². The third kappa shape index (κ3) is 10.1. The van der Waals surface area contributed by atoms with Crippen LogP contribution in [0.4, 0.5) is 17.3 Å². The van der Waals surface area contributed by atoms with E-state index in [1.807, 2.05) is 4.90 Å². The van der Waals surface area contributed by atoms with Crippen LogP contribution >= 0.6 is 0 Å². The summed E-state index contributed by atoms with van der Waals surface area (Å²) in [5.41, 5.74) is -0.0280. The number of aromatic nitrogens is 2. The maximum absolute atomic E-state index is 11.7. The lowest BCUT2D eigenvalue weighted by molar-refractivity contribution is -0.383. The van der Waals surface area contributed by atoms with Crippen molar-refractivity contribution in [3.63, 3.8) is 0 Å². The van der Waals surface area contributed by atoms with E-state index in [0.717, 1.165) is 12.8 Å². The van der Waals surface area contributed by atoms with Gasteiger partial charge in [0.1, 0.15) is 6.33 Å². The molecule has 8 heteroatoms. The average molecular weight is 450 g/mol. The number of hydrogen-bond donors (Lipinski definition) is 1. The largest absolute Gasteiger partial charge is 0.378 e. The Kier molecular flexibility index (Phi) is 13.7. The molecule has 0 amide bonds. The first-order valence-corrected chi connectivity index (χ1v) is 12.8. The number of nitrogens with one attached hydrogen (secondary N) is 1. The summed E-state index contributed by atoms with van der Waals surface area (Å²) < 4.78 is 5.34. The Morgan fingerprint density at radius 1 is 0.906 bits per heavy atom. The van der Waals surface area contributed by atoms with E-state index in [4.69, 9.17) is 4.74 Å². The van der Waals surface area contributed by atoms with Gasteiger partial charge in [0.2, 0.25) is 11.6 Å². The van der Waals surface area contributed by atoms with Crippen molar-refractivity contribution in [1.29, 1.82) is 0 Å². The predicted octanol–water partition coefficient (Wildman–Crippen LogP) is 6.11. The fourth-order valence-electron chi connectivity index (χ4n) is 4.20. The highest BCUT2D eigenvalue weighted by atomic mass is 16.6. The Balaban J connectivity index is 1.55. The molecule has 1 aromatic heterocycles. The molecule has 1 fully saturated rings. The minimum atomic E-state index is -0.377. The van der Waals surface area contributed by atoms with Gasteiger partial charge >= 0.3 is 5.69 Å². The second-order valence-corrected chi connectivity index (χ2v) is 8.77. The van der Waals surface area contributed by atoms with Crippen LogP contribution in [0.15, 0.2) is 6.33 Å². The zero-order valence-corrected chi connectivity index (χ0v) is 20.0. The van der Waals surface area contributed by atoms with Crippen molar-refractivity contribution < 1.29 is 9.66 Å². The number of hydrogen-bond acceptors (Lipinski definition) is 7. The van der Waals surface area contributed by atoms with Crippen molar-refractivity contribution in [2.24, 2.45) is 0 Å². The second-order valence-electron chi connectivity index (χ2n) is 8.77. The number of unbranched alkanes of at least 4 members (excludes halogenated alkanes) is 13. The minimum absolute atomic E-state index is 0.0280. The lowest BCUT2D eigenvalue weighted by Gasteiger charge is -2.27. The van der Waals surface area contributed by atoms with Gasteiger partial charge in [0.15, 0.2) is 0 Å². The smallest absolute Gasteiger partial charge is 0.353 e. The van der Waals surface area contributed by atoms with E-state index in [1.165, 1.54) is 83.4 Å². The molecule has 0 spiro atoms. The lowest BCUT2D eigenvalue weighted by Crippen LogP contribution is -2.37. The highest BCUT2D eigenvalue weighted by molar-refractivity contribution is 5.70. The van der Waals surface area contributed by atoms with Crippen LogP contribution in [0.25, 0.3) is 0 Å². The number of anilines is 2. The molecule has 2 heterocycles. The summed E-state index contributed by atoms with van der Waals surface area (Å²) in [6, 6.07) is 0. The summed E-state index contributed by atoms with van der Waals surface area (Å²) in [5, 5.41) is 14.8. The molecule has 0 unspecified atom stereocenters. The van der Waals surface area contributed by atoms with Crippen LogP contribution in [0.2, 0.25) is 0 Å². The maximum atomic E-state index is 11.7. The average Bonchev–Trinajstić information content (AvgIpc) is 2.81. The molecule has 0 atom stereocenters. The van der Waals surface area contributed by atoms with Gasteiger partial charge in [-0.2, -0.15) is 0 Å².